The van der Waals surface area contributed by atoms with Gasteiger partial charge in [0.25, 0.3) is 0 Å². The summed E-state index contributed by atoms with van der Waals surface area (Å²) in [6.07, 6.45) is 0. The van der Waals surface area contributed by atoms with Crippen molar-refractivity contribution in [2.75, 3.05) is 52.5 Å². The average molecular weight is 269 g/mol. The van der Waals surface area contributed by atoms with Crippen LogP contribution in [0.25, 0.3) is 0 Å². The van der Waals surface area contributed by atoms with Crippen LogP contribution in [0.1, 0.15) is 13.8 Å². The molecule has 2 rings (SSSR count). The van der Waals surface area contributed by atoms with Gasteiger partial charge in [0.1, 0.15) is 0 Å². The van der Waals surface area contributed by atoms with Gasteiger partial charge in [-0.1, -0.05) is 6.92 Å². The number of hydrogen-bond donors (Lipinski definition) is 0. The summed E-state index contributed by atoms with van der Waals surface area (Å²) < 4.78 is 5.29. The Morgan fingerprint density at radius 1 is 1.21 bits per heavy atom. The first-order chi connectivity index (χ1) is 9.13. The maximum absolute atomic E-state index is 12.2. The molecule has 2 aliphatic heterocycles. The lowest BCUT2D eigenvalue weighted by molar-refractivity contribution is -0.135. The number of imide groups is 1. The zero-order valence-corrected chi connectivity index (χ0v) is 11.8. The van der Waals surface area contributed by atoms with Gasteiger partial charge in [-0.3, -0.25) is 14.6 Å². The molecule has 1 unspecified atom stereocenters. The van der Waals surface area contributed by atoms with E-state index in [4.69, 9.17) is 4.74 Å². The highest BCUT2D eigenvalue weighted by atomic mass is 16.5. The lowest BCUT2D eigenvalue weighted by Gasteiger charge is -2.38. The van der Waals surface area contributed by atoms with Gasteiger partial charge >= 0.3 is 6.03 Å². The number of rotatable bonds is 4. The van der Waals surface area contributed by atoms with Crippen LogP contribution in [-0.4, -0.2) is 79.1 Å². The third-order valence-corrected chi connectivity index (χ3v) is 3.81. The summed E-state index contributed by atoms with van der Waals surface area (Å²) in [5.74, 6) is -0.134. The van der Waals surface area contributed by atoms with Crippen LogP contribution < -0.4 is 0 Å². The third kappa shape index (κ3) is 3.25. The Kier molecular flexibility index (Phi) is 4.76. The number of morpholine rings is 1. The van der Waals surface area contributed by atoms with E-state index in [1.165, 1.54) is 4.90 Å². The van der Waals surface area contributed by atoms with Crippen molar-refractivity contribution in [3.05, 3.63) is 0 Å². The minimum Gasteiger partial charge on any atom is -0.379 e. The standard InChI is InChI=1S/C13H23N3O3/c1-3-15-10-11(2)12(17)16(13(15)18)5-4-14-6-8-19-9-7-14/h11H,3-10H2,1-2H3. The van der Waals surface area contributed by atoms with Crippen LogP contribution in [0.4, 0.5) is 4.79 Å². The van der Waals surface area contributed by atoms with Gasteiger partial charge in [-0.05, 0) is 6.92 Å². The van der Waals surface area contributed by atoms with Gasteiger partial charge in [-0.2, -0.15) is 0 Å². The molecular formula is C13H23N3O3. The Hall–Kier alpha value is -1.14. The molecule has 108 valence electrons. The van der Waals surface area contributed by atoms with Crippen LogP contribution in [0.3, 0.4) is 0 Å². The summed E-state index contributed by atoms with van der Waals surface area (Å²) in [5.41, 5.74) is 0. The molecule has 2 aliphatic rings. The SMILES string of the molecule is CCN1CC(C)C(=O)N(CCN2CCOCC2)C1=O. The third-order valence-electron chi connectivity index (χ3n) is 3.81. The number of carbonyl (C=O) groups is 2. The van der Waals surface area contributed by atoms with Gasteiger partial charge in [-0.15, -0.1) is 0 Å². The van der Waals surface area contributed by atoms with E-state index in [9.17, 15) is 9.59 Å². The molecule has 0 aliphatic carbocycles. The van der Waals surface area contributed by atoms with Gasteiger partial charge in [0.15, 0.2) is 0 Å². The molecule has 0 aromatic carbocycles. The first-order valence-electron chi connectivity index (χ1n) is 7.04. The zero-order valence-electron chi connectivity index (χ0n) is 11.8. The summed E-state index contributed by atoms with van der Waals surface area (Å²) in [4.78, 5) is 29.7. The maximum atomic E-state index is 12.2. The second kappa shape index (κ2) is 6.34. The summed E-state index contributed by atoms with van der Waals surface area (Å²) in [6, 6.07) is -0.140. The fraction of sp³-hybridized carbons (Fsp3) is 0.846. The Morgan fingerprint density at radius 2 is 1.89 bits per heavy atom. The fourth-order valence-corrected chi connectivity index (χ4v) is 2.55. The predicted octanol–water partition coefficient (Wildman–Crippen LogP) is 0.239. The molecule has 0 saturated carbocycles. The molecule has 0 radical (unpaired) electrons. The Labute approximate surface area is 114 Å². The van der Waals surface area contributed by atoms with Crippen molar-refractivity contribution < 1.29 is 14.3 Å². The molecule has 2 fully saturated rings. The Morgan fingerprint density at radius 3 is 2.53 bits per heavy atom. The molecule has 6 nitrogen and oxygen atoms in total. The van der Waals surface area contributed by atoms with Crippen LogP contribution in [0, 0.1) is 5.92 Å². The molecule has 0 aromatic rings. The molecule has 0 bridgehead atoms. The fourth-order valence-electron chi connectivity index (χ4n) is 2.55. The van der Waals surface area contributed by atoms with Gasteiger partial charge in [0.2, 0.25) is 5.91 Å². The van der Waals surface area contributed by atoms with Crippen LogP contribution in [0.15, 0.2) is 0 Å². The van der Waals surface area contributed by atoms with E-state index in [0.717, 1.165) is 32.8 Å². The van der Waals surface area contributed by atoms with Crippen molar-refractivity contribution in [1.29, 1.82) is 0 Å². The minimum absolute atomic E-state index is 0.0389. The van der Waals surface area contributed by atoms with Crippen molar-refractivity contribution in [2.45, 2.75) is 13.8 Å². The van der Waals surface area contributed by atoms with E-state index in [-0.39, 0.29) is 17.9 Å². The van der Waals surface area contributed by atoms with E-state index in [1.807, 2.05) is 13.8 Å². The molecule has 2 saturated heterocycles. The first-order valence-corrected chi connectivity index (χ1v) is 7.04. The van der Waals surface area contributed by atoms with E-state index in [2.05, 4.69) is 4.90 Å². The highest BCUT2D eigenvalue weighted by Crippen LogP contribution is 2.15. The van der Waals surface area contributed by atoms with Crippen LogP contribution in [-0.2, 0) is 9.53 Å². The molecule has 19 heavy (non-hydrogen) atoms. The van der Waals surface area contributed by atoms with Crippen molar-refractivity contribution in [3.63, 3.8) is 0 Å². The Bertz CT molecular complexity index is 342. The highest BCUT2D eigenvalue weighted by molar-refractivity contribution is 5.97. The van der Waals surface area contributed by atoms with Crippen molar-refractivity contribution in [2.24, 2.45) is 5.92 Å². The zero-order chi connectivity index (χ0) is 13.8. The summed E-state index contributed by atoms with van der Waals surface area (Å²) in [7, 11) is 0. The monoisotopic (exact) mass is 269 g/mol. The van der Waals surface area contributed by atoms with E-state index in [0.29, 0.717) is 19.6 Å². The quantitative estimate of drug-likeness (QED) is 0.733. The normalized spacial score (nSPS) is 26.1. The molecule has 6 heteroatoms. The van der Waals surface area contributed by atoms with Crippen molar-refractivity contribution in [3.8, 4) is 0 Å². The van der Waals surface area contributed by atoms with E-state index in [1.54, 1.807) is 4.90 Å². The number of ether oxygens (including phenoxy) is 1. The number of nitrogens with zero attached hydrogens (tertiary/aromatic N) is 3. The van der Waals surface area contributed by atoms with Crippen molar-refractivity contribution in [1.82, 2.24) is 14.7 Å². The van der Waals surface area contributed by atoms with Gasteiger partial charge in [0.05, 0.1) is 19.1 Å². The summed E-state index contributed by atoms with van der Waals surface area (Å²) in [6.45, 7) is 9.49. The lowest BCUT2D eigenvalue weighted by atomic mass is 10.1. The number of amides is 3. The maximum Gasteiger partial charge on any atom is 0.326 e. The van der Waals surface area contributed by atoms with Crippen molar-refractivity contribution >= 4 is 11.9 Å². The second-order valence-corrected chi connectivity index (χ2v) is 5.17. The molecule has 0 aromatic heterocycles. The minimum atomic E-state index is -0.140. The Balaban J connectivity index is 1.92. The number of urea groups is 1. The largest absolute Gasteiger partial charge is 0.379 e. The van der Waals surface area contributed by atoms with Crippen LogP contribution >= 0.6 is 0 Å². The second-order valence-electron chi connectivity index (χ2n) is 5.17. The molecule has 3 amide bonds. The smallest absolute Gasteiger partial charge is 0.326 e. The van der Waals surface area contributed by atoms with Gasteiger partial charge in [0, 0.05) is 39.3 Å². The molecule has 0 N–H and O–H groups in total. The molecule has 0 spiro atoms. The first kappa shape index (κ1) is 14.3. The molecule has 2 heterocycles. The van der Waals surface area contributed by atoms with Gasteiger partial charge < -0.3 is 9.64 Å². The lowest BCUT2D eigenvalue weighted by Crippen LogP contribution is -2.57. The summed E-state index contributed by atoms with van der Waals surface area (Å²) in [5, 5.41) is 0. The average Bonchev–Trinajstić information content (AvgIpc) is 2.44. The van der Waals surface area contributed by atoms with Crippen LogP contribution in [0.2, 0.25) is 0 Å². The molecule has 1 atom stereocenters. The number of carbonyl (C=O) groups excluding carboxylic acids is 2. The topological polar surface area (TPSA) is 53.1 Å². The van der Waals surface area contributed by atoms with E-state index >= 15 is 0 Å². The summed E-state index contributed by atoms with van der Waals surface area (Å²) >= 11 is 0. The molecular weight excluding hydrogens is 246 g/mol. The predicted molar refractivity (Wildman–Crippen MR) is 70.8 cm³/mol. The van der Waals surface area contributed by atoms with Gasteiger partial charge in [-0.25, -0.2) is 4.79 Å². The van der Waals surface area contributed by atoms with E-state index < -0.39 is 0 Å². The highest BCUT2D eigenvalue weighted by Gasteiger charge is 2.35. The van der Waals surface area contributed by atoms with Crippen LogP contribution in [0.5, 0.6) is 0 Å². The number of hydrogen-bond acceptors (Lipinski definition) is 4.